The molecule has 0 saturated heterocycles. The highest BCUT2D eigenvalue weighted by Gasteiger charge is 2.10. The topological polar surface area (TPSA) is 20.3 Å². The van der Waals surface area contributed by atoms with Crippen LogP contribution in [0.3, 0.4) is 0 Å². The minimum atomic E-state index is 0.354. The summed E-state index contributed by atoms with van der Waals surface area (Å²) in [5, 5.41) is 0. The van der Waals surface area contributed by atoms with Gasteiger partial charge in [-0.05, 0) is 51.7 Å². The highest BCUT2D eigenvalue weighted by Crippen LogP contribution is 2.25. The summed E-state index contributed by atoms with van der Waals surface area (Å²) in [7, 11) is 0. The molecule has 0 bridgehead atoms. The van der Waals surface area contributed by atoms with Crippen LogP contribution in [0.15, 0.2) is 0 Å². The van der Waals surface area contributed by atoms with E-state index in [1.807, 2.05) is 0 Å². The fourth-order valence-corrected chi connectivity index (χ4v) is 7.58. The van der Waals surface area contributed by atoms with Crippen molar-refractivity contribution >= 4 is 5.78 Å². The summed E-state index contributed by atoms with van der Waals surface area (Å²) in [4.78, 5) is 14.2. The number of ketones is 1. The van der Waals surface area contributed by atoms with Crippen LogP contribution in [-0.4, -0.2) is 30.3 Å². The number of nitrogens with zero attached hydrogens (tertiary/aromatic N) is 1. The monoisotopic (exact) mass is 662 g/mol. The summed E-state index contributed by atoms with van der Waals surface area (Å²) in [6.45, 7) is 12.3. The maximum atomic E-state index is 11.5. The van der Waals surface area contributed by atoms with Crippen molar-refractivity contribution < 1.29 is 4.79 Å². The fourth-order valence-electron chi connectivity index (χ4n) is 7.58. The molecule has 0 atom stereocenters. The minimum absolute atomic E-state index is 0.354. The quantitative estimate of drug-likeness (QED) is 0.0608. The molecule has 0 radical (unpaired) electrons. The molecule has 2 nitrogen and oxygen atoms in total. The zero-order valence-corrected chi connectivity index (χ0v) is 33.5. The van der Waals surface area contributed by atoms with Crippen molar-refractivity contribution in [3.8, 4) is 0 Å². The Morgan fingerprint density at radius 3 is 0.915 bits per heavy atom. The molecule has 0 heterocycles. The highest BCUT2D eigenvalue weighted by atomic mass is 16.1. The second-order valence-corrected chi connectivity index (χ2v) is 15.8. The van der Waals surface area contributed by atoms with Crippen LogP contribution >= 0.6 is 0 Å². The lowest BCUT2D eigenvalue weighted by Gasteiger charge is -2.22. The van der Waals surface area contributed by atoms with Gasteiger partial charge in [-0.3, -0.25) is 0 Å². The molecule has 282 valence electrons. The lowest BCUT2D eigenvalue weighted by molar-refractivity contribution is -0.117. The van der Waals surface area contributed by atoms with Crippen LogP contribution < -0.4 is 0 Å². The predicted molar refractivity (Wildman–Crippen MR) is 214 cm³/mol. The first kappa shape index (κ1) is 46.6. The number of hydrogen-bond donors (Lipinski definition) is 0. The second-order valence-electron chi connectivity index (χ2n) is 15.8. The Kier molecular flexibility index (Phi) is 39.7. The van der Waals surface area contributed by atoms with E-state index in [0.717, 1.165) is 25.3 Å². The van der Waals surface area contributed by atoms with E-state index < -0.39 is 0 Å². The Bertz CT molecular complexity index is 573. The lowest BCUT2D eigenvalue weighted by atomic mass is 9.89. The summed E-state index contributed by atoms with van der Waals surface area (Å²) in [5.41, 5.74) is 0. The first-order valence-corrected chi connectivity index (χ1v) is 22.4. The van der Waals surface area contributed by atoms with Gasteiger partial charge in [-0.15, -0.1) is 0 Å². The number of rotatable bonds is 41. The predicted octanol–water partition coefficient (Wildman–Crippen LogP) is 15.6. The van der Waals surface area contributed by atoms with Crippen molar-refractivity contribution in [1.29, 1.82) is 0 Å². The first-order valence-electron chi connectivity index (χ1n) is 22.4. The number of hydrogen-bond acceptors (Lipinski definition) is 2. The van der Waals surface area contributed by atoms with Gasteiger partial charge in [0.2, 0.25) is 0 Å². The Balaban J connectivity index is 4.09. The van der Waals surface area contributed by atoms with Gasteiger partial charge < -0.3 is 9.69 Å². The summed E-state index contributed by atoms with van der Waals surface area (Å²) in [6, 6.07) is 0. The van der Waals surface area contributed by atoms with Gasteiger partial charge in [-0.25, -0.2) is 0 Å². The third kappa shape index (κ3) is 38.3. The Labute approximate surface area is 299 Å². The van der Waals surface area contributed by atoms with Crippen LogP contribution in [0.2, 0.25) is 0 Å². The summed E-state index contributed by atoms with van der Waals surface area (Å²) >= 11 is 0. The van der Waals surface area contributed by atoms with E-state index in [0.29, 0.717) is 5.78 Å². The van der Waals surface area contributed by atoms with Crippen molar-refractivity contribution in [2.75, 3.05) is 19.6 Å². The molecule has 0 aliphatic rings. The average molecular weight is 662 g/mol. The van der Waals surface area contributed by atoms with Crippen LogP contribution in [0, 0.1) is 5.92 Å². The third-order valence-corrected chi connectivity index (χ3v) is 10.8. The number of unbranched alkanes of at least 4 members (excludes halogenated alkanes) is 27. The summed E-state index contributed by atoms with van der Waals surface area (Å²) < 4.78 is 0. The summed E-state index contributed by atoms with van der Waals surface area (Å²) in [5.74, 6) is 1.35. The molecule has 0 aliphatic heterocycles. The number of carbonyl (C=O) groups is 1. The minimum Gasteiger partial charge on any atom is -0.303 e. The summed E-state index contributed by atoms with van der Waals surface area (Å²) in [6.07, 6.45) is 50.6. The van der Waals surface area contributed by atoms with Gasteiger partial charge in [-0.1, -0.05) is 226 Å². The molecule has 0 rings (SSSR count). The largest absolute Gasteiger partial charge is 0.303 e. The van der Waals surface area contributed by atoms with E-state index in [1.54, 1.807) is 6.92 Å². The van der Waals surface area contributed by atoms with Crippen LogP contribution in [0.1, 0.15) is 259 Å². The molecule has 0 aromatic heterocycles. The van der Waals surface area contributed by atoms with Gasteiger partial charge in [-0.2, -0.15) is 0 Å². The normalized spacial score (nSPS) is 11.8. The van der Waals surface area contributed by atoms with Crippen molar-refractivity contribution in [2.24, 2.45) is 5.92 Å². The maximum Gasteiger partial charge on any atom is 0.129 e. The SMILES string of the molecule is CCCCCCCCCCCCCCCCN(CCCCCCCC(CCCCCCCC)CCCCCCCC)CCCC(C)=O. The van der Waals surface area contributed by atoms with Gasteiger partial charge in [0.05, 0.1) is 0 Å². The molecular weight excluding hydrogens is 571 g/mol. The lowest BCUT2D eigenvalue weighted by Crippen LogP contribution is -2.27. The smallest absolute Gasteiger partial charge is 0.129 e. The van der Waals surface area contributed by atoms with Crippen LogP contribution in [0.4, 0.5) is 0 Å². The van der Waals surface area contributed by atoms with Crippen LogP contribution in [-0.2, 0) is 4.79 Å². The van der Waals surface area contributed by atoms with Crippen LogP contribution in [0.5, 0.6) is 0 Å². The maximum absolute atomic E-state index is 11.5. The third-order valence-electron chi connectivity index (χ3n) is 10.8. The van der Waals surface area contributed by atoms with Crippen molar-refractivity contribution in [3.63, 3.8) is 0 Å². The average Bonchev–Trinajstić information content (AvgIpc) is 3.06. The van der Waals surface area contributed by atoms with E-state index in [2.05, 4.69) is 25.7 Å². The fraction of sp³-hybridized carbons (Fsp3) is 0.978. The molecule has 0 amide bonds. The van der Waals surface area contributed by atoms with Gasteiger partial charge in [0.1, 0.15) is 5.78 Å². The highest BCUT2D eigenvalue weighted by molar-refractivity contribution is 5.75. The molecule has 0 aromatic carbocycles. The van der Waals surface area contributed by atoms with Crippen molar-refractivity contribution in [3.05, 3.63) is 0 Å². The zero-order valence-electron chi connectivity index (χ0n) is 33.5. The zero-order chi connectivity index (χ0) is 34.3. The molecular formula is C45H91NO. The Hall–Kier alpha value is -0.370. The van der Waals surface area contributed by atoms with Crippen molar-refractivity contribution in [1.82, 2.24) is 4.90 Å². The molecule has 0 aliphatic carbocycles. The molecule has 0 aromatic rings. The van der Waals surface area contributed by atoms with E-state index in [-0.39, 0.29) is 0 Å². The first-order chi connectivity index (χ1) is 23.1. The van der Waals surface area contributed by atoms with Gasteiger partial charge in [0.15, 0.2) is 0 Å². The number of Topliss-reactive ketones (excluding diaryl/α,β-unsaturated/α-hetero) is 1. The van der Waals surface area contributed by atoms with Gasteiger partial charge >= 0.3 is 0 Å². The molecule has 0 spiro atoms. The molecule has 0 saturated carbocycles. The van der Waals surface area contributed by atoms with Gasteiger partial charge in [0.25, 0.3) is 0 Å². The second kappa shape index (κ2) is 40.1. The van der Waals surface area contributed by atoms with E-state index in [4.69, 9.17) is 0 Å². The molecule has 0 N–H and O–H groups in total. The number of carbonyl (C=O) groups excluding carboxylic acids is 1. The van der Waals surface area contributed by atoms with E-state index >= 15 is 0 Å². The van der Waals surface area contributed by atoms with Gasteiger partial charge in [0, 0.05) is 6.42 Å². The molecule has 47 heavy (non-hydrogen) atoms. The molecule has 0 unspecified atom stereocenters. The Morgan fingerprint density at radius 1 is 0.362 bits per heavy atom. The standard InChI is InChI=1S/C45H91NO/c1-5-8-11-14-17-18-19-20-21-22-23-24-29-34-41-46(43-36-37-44(4)47)42-35-30-25-28-33-40-45(38-31-26-15-12-9-6-2)39-32-27-16-13-10-7-3/h45H,5-43H2,1-4H3. The van der Waals surface area contributed by atoms with Crippen LogP contribution in [0.25, 0.3) is 0 Å². The van der Waals surface area contributed by atoms with E-state index in [1.165, 1.54) is 231 Å². The Morgan fingerprint density at radius 2 is 0.617 bits per heavy atom. The van der Waals surface area contributed by atoms with E-state index in [9.17, 15) is 4.79 Å². The van der Waals surface area contributed by atoms with Crippen molar-refractivity contribution in [2.45, 2.75) is 259 Å². The molecule has 2 heteroatoms. The molecule has 0 fully saturated rings.